The number of alkyl halides is 6. The lowest BCUT2D eigenvalue weighted by Crippen LogP contribution is -2.58. The van der Waals surface area contributed by atoms with Crippen LogP contribution in [0, 0.1) is 0 Å². The van der Waals surface area contributed by atoms with Crippen molar-refractivity contribution in [2.24, 2.45) is 0 Å². The van der Waals surface area contributed by atoms with Crippen LogP contribution in [-0.2, 0) is 18.8 Å². The van der Waals surface area contributed by atoms with Crippen LogP contribution in [0.1, 0.15) is 75.9 Å². The van der Waals surface area contributed by atoms with Crippen LogP contribution in [0.25, 0.3) is 0 Å². The maximum absolute atomic E-state index is 13.8. The minimum Gasteiger partial charge on any atom is -0.372 e. The van der Waals surface area contributed by atoms with Crippen molar-refractivity contribution >= 4 is 17.5 Å². The van der Waals surface area contributed by atoms with Crippen molar-refractivity contribution in [3.63, 3.8) is 0 Å². The molecule has 0 bridgehead atoms. The lowest BCUT2D eigenvalue weighted by atomic mass is 9.90. The van der Waals surface area contributed by atoms with Crippen LogP contribution in [-0.4, -0.2) is 108 Å². The molecule has 0 aromatic heterocycles. The van der Waals surface area contributed by atoms with Crippen molar-refractivity contribution < 1.29 is 35.9 Å². The molecule has 3 aromatic carbocycles. The molecular weight excluding hydrogens is 708 g/mol. The van der Waals surface area contributed by atoms with Crippen LogP contribution < -0.4 is 4.90 Å². The fourth-order valence-corrected chi connectivity index (χ4v) is 8.85. The van der Waals surface area contributed by atoms with Crippen molar-refractivity contribution in [1.82, 2.24) is 19.6 Å². The predicted molar refractivity (Wildman–Crippen MR) is 194 cm³/mol. The zero-order valence-corrected chi connectivity index (χ0v) is 30.3. The Morgan fingerprint density at radius 3 is 1.80 bits per heavy atom. The van der Waals surface area contributed by atoms with Gasteiger partial charge in [0.15, 0.2) is 0 Å². The molecule has 2 unspecified atom stereocenters. The Labute approximate surface area is 312 Å². The van der Waals surface area contributed by atoms with E-state index in [1.165, 1.54) is 17.7 Å². The quantitative estimate of drug-likeness (QED) is 0.235. The summed E-state index contributed by atoms with van der Waals surface area (Å²) in [5.74, 6) is -0.733. The van der Waals surface area contributed by atoms with Crippen LogP contribution >= 0.6 is 0 Å². The van der Waals surface area contributed by atoms with E-state index < -0.39 is 41.0 Å². The zero-order valence-electron chi connectivity index (χ0n) is 30.3. The molecule has 4 aliphatic heterocycles. The van der Waals surface area contributed by atoms with E-state index >= 15 is 0 Å². The van der Waals surface area contributed by atoms with Gasteiger partial charge in [-0.2, -0.15) is 26.3 Å². The summed E-state index contributed by atoms with van der Waals surface area (Å²) < 4.78 is 82.0. The molecule has 0 aliphatic carbocycles. The van der Waals surface area contributed by atoms with Gasteiger partial charge in [-0.15, -0.1) is 0 Å². The fraction of sp³-hybridized carbons (Fsp3) is 0.512. The smallest absolute Gasteiger partial charge is 0.372 e. The average molecular weight is 756 g/mol. The summed E-state index contributed by atoms with van der Waals surface area (Å²) >= 11 is 0. The number of likely N-dealkylation sites (tertiary alicyclic amines) is 2. The maximum Gasteiger partial charge on any atom is 0.416 e. The SMILES string of the molecule is O=C(c1cccc(N2CCCC2)c1)N1CCC(N2CCN(C3CCN(C(=O)c4cc(C(F)(F)F)cc(C(F)(F)F)c4)C(Cc4ccccc4)C3)CC2)CC1. The van der Waals surface area contributed by atoms with Gasteiger partial charge in [0.25, 0.3) is 11.8 Å². The van der Waals surface area contributed by atoms with E-state index in [-0.39, 0.29) is 24.6 Å². The summed E-state index contributed by atoms with van der Waals surface area (Å²) in [6.07, 6.45) is -4.34. The summed E-state index contributed by atoms with van der Waals surface area (Å²) in [6, 6.07) is 18.7. The van der Waals surface area contributed by atoms with Crippen LogP contribution in [0.4, 0.5) is 32.0 Å². The van der Waals surface area contributed by atoms with Crippen molar-refractivity contribution in [1.29, 1.82) is 0 Å². The first kappa shape index (κ1) is 38.2. The highest BCUT2D eigenvalue weighted by Gasteiger charge is 2.41. The van der Waals surface area contributed by atoms with E-state index in [2.05, 4.69) is 20.8 Å². The topological polar surface area (TPSA) is 50.3 Å². The van der Waals surface area contributed by atoms with Crippen LogP contribution in [0.15, 0.2) is 72.8 Å². The van der Waals surface area contributed by atoms with Gasteiger partial charge in [0, 0.05) is 93.8 Å². The van der Waals surface area contributed by atoms with E-state index in [4.69, 9.17) is 0 Å². The molecule has 0 spiro atoms. The summed E-state index contributed by atoms with van der Waals surface area (Å²) in [5, 5.41) is 0. The maximum atomic E-state index is 13.8. The largest absolute Gasteiger partial charge is 0.416 e. The second kappa shape index (κ2) is 15.9. The Bertz CT molecular complexity index is 1730. The van der Waals surface area contributed by atoms with Gasteiger partial charge in [0.05, 0.1) is 11.1 Å². The van der Waals surface area contributed by atoms with Crippen LogP contribution in [0.2, 0.25) is 0 Å². The Morgan fingerprint density at radius 2 is 1.19 bits per heavy atom. The number of piperazine rings is 1. The molecule has 7 rings (SSSR count). The Morgan fingerprint density at radius 1 is 0.593 bits per heavy atom. The first-order valence-corrected chi connectivity index (χ1v) is 19.1. The summed E-state index contributed by atoms with van der Waals surface area (Å²) in [4.78, 5) is 38.0. The van der Waals surface area contributed by atoms with Gasteiger partial charge in [0.2, 0.25) is 0 Å². The minimum absolute atomic E-state index is 0.0576. The number of nitrogens with zero attached hydrogens (tertiary/aromatic N) is 5. The molecule has 7 nitrogen and oxygen atoms in total. The molecule has 2 atom stereocenters. The third kappa shape index (κ3) is 8.72. The number of hydrogen-bond acceptors (Lipinski definition) is 5. The monoisotopic (exact) mass is 755 g/mol. The van der Waals surface area contributed by atoms with E-state index in [0.29, 0.717) is 50.5 Å². The number of piperidine rings is 2. The van der Waals surface area contributed by atoms with Gasteiger partial charge in [0.1, 0.15) is 0 Å². The molecule has 4 aliphatic rings. The Hall–Kier alpha value is -4.10. The number of amides is 2. The summed E-state index contributed by atoms with van der Waals surface area (Å²) in [6.45, 7) is 7.08. The van der Waals surface area contributed by atoms with E-state index in [0.717, 1.165) is 68.9 Å². The highest BCUT2D eigenvalue weighted by Crippen LogP contribution is 2.37. The average Bonchev–Trinajstić information content (AvgIpc) is 3.73. The molecule has 3 aromatic rings. The highest BCUT2D eigenvalue weighted by atomic mass is 19.4. The molecule has 0 N–H and O–H groups in total. The number of halogens is 6. The summed E-state index contributed by atoms with van der Waals surface area (Å²) in [5.41, 5.74) is -0.794. The molecule has 0 radical (unpaired) electrons. The summed E-state index contributed by atoms with van der Waals surface area (Å²) in [7, 11) is 0. The van der Waals surface area contributed by atoms with Gasteiger partial charge in [-0.05, 0) is 86.9 Å². The zero-order chi connectivity index (χ0) is 38.0. The fourth-order valence-electron chi connectivity index (χ4n) is 8.85. The van der Waals surface area contributed by atoms with E-state index in [1.54, 1.807) is 0 Å². The number of benzene rings is 3. The molecule has 290 valence electrons. The number of rotatable bonds is 7. The van der Waals surface area contributed by atoms with E-state index in [9.17, 15) is 35.9 Å². The van der Waals surface area contributed by atoms with Gasteiger partial charge in [-0.25, -0.2) is 0 Å². The molecule has 4 saturated heterocycles. The van der Waals surface area contributed by atoms with Gasteiger partial charge in [-0.3, -0.25) is 19.4 Å². The second-order valence-electron chi connectivity index (χ2n) is 15.2. The lowest BCUT2D eigenvalue weighted by Gasteiger charge is -2.48. The second-order valence-corrected chi connectivity index (χ2v) is 15.2. The van der Waals surface area contributed by atoms with Crippen molar-refractivity contribution in [3.05, 3.63) is 101 Å². The number of anilines is 1. The number of carbonyl (C=O) groups excluding carboxylic acids is 2. The van der Waals surface area contributed by atoms with Crippen molar-refractivity contribution in [2.45, 2.75) is 75.4 Å². The molecule has 4 fully saturated rings. The molecule has 54 heavy (non-hydrogen) atoms. The molecular formula is C41H47F6N5O2. The molecule has 4 heterocycles. The van der Waals surface area contributed by atoms with Gasteiger partial charge < -0.3 is 14.7 Å². The normalized spacial score (nSPS) is 22.5. The van der Waals surface area contributed by atoms with Gasteiger partial charge >= 0.3 is 12.4 Å². The predicted octanol–water partition coefficient (Wildman–Crippen LogP) is 7.46. The Balaban J connectivity index is 0.970. The third-order valence-corrected chi connectivity index (χ3v) is 11.8. The van der Waals surface area contributed by atoms with Crippen LogP contribution in [0.3, 0.4) is 0 Å². The van der Waals surface area contributed by atoms with Crippen molar-refractivity contribution in [3.8, 4) is 0 Å². The Kier molecular flexibility index (Phi) is 11.3. The van der Waals surface area contributed by atoms with Gasteiger partial charge in [-0.1, -0.05) is 36.4 Å². The first-order chi connectivity index (χ1) is 25.8. The van der Waals surface area contributed by atoms with Crippen LogP contribution in [0.5, 0.6) is 0 Å². The highest BCUT2D eigenvalue weighted by molar-refractivity contribution is 5.95. The standard InChI is InChI=1S/C41H47F6N5O2/c42-40(43,44)32-24-31(25-33(27-32)41(45,46)47)39(54)52-18-13-36(28-37(52)23-29-7-2-1-3-8-29)50-21-19-49(20-22-50)34-11-16-51(17-12-34)38(53)30-9-6-10-35(26-30)48-14-4-5-15-48/h1-3,6-10,24-27,34,36-37H,4-5,11-23,28H2. The minimum atomic E-state index is -5.04. The number of hydrogen-bond donors (Lipinski definition) is 0. The lowest BCUT2D eigenvalue weighted by molar-refractivity contribution is -0.143. The first-order valence-electron chi connectivity index (χ1n) is 19.1. The number of carbonyl (C=O) groups is 2. The molecule has 0 saturated carbocycles. The third-order valence-electron chi connectivity index (χ3n) is 11.8. The van der Waals surface area contributed by atoms with E-state index in [1.807, 2.05) is 53.4 Å². The van der Waals surface area contributed by atoms with Crippen molar-refractivity contribution in [2.75, 3.05) is 63.8 Å². The molecule has 2 amide bonds. The molecule has 13 heteroatoms.